The number of aryl methyl sites for hydroxylation is 1. The summed E-state index contributed by atoms with van der Waals surface area (Å²) < 4.78 is 5.64. The Morgan fingerprint density at radius 3 is 2.55 bits per heavy atom. The van der Waals surface area contributed by atoms with E-state index < -0.39 is 5.60 Å². The molecule has 0 aliphatic carbocycles. The van der Waals surface area contributed by atoms with Crippen molar-refractivity contribution in [2.24, 2.45) is 0 Å². The second-order valence-electron chi connectivity index (χ2n) is 6.87. The van der Waals surface area contributed by atoms with Crippen molar-refractivity contribution in [2.45, 2.75) is 51.4 Å². The fourth-order valence-corrected chi connectivity index (χ4v) is 2.76. The highest BCUT2D eigenvalue weighted by Crippen LogP contribution is 2.16. The van der Waals surface area contributed by atoms with Gasteiger partial charge in [-0.05, 0) is 44.2 Å². The molecule has 1 fully saturated rings. The highest BCUT2D eigenvalue weighted by molar-refractivity contribution is 5.22. The quantitative estimate of drug-likeness (QED) is 0.809. The summed E-state index contributed by atoms with van der Waals surface area (Å²) in [6, 6.07) is 8.67. The monoisotopic (exact) mass is 307 g/mol. The molecule has 1 saturated heterocycles. The number of rotatable bonds is 7. The second kappa shape index (κ2) is 8.06. The van der Waals surface area contributed by atoms with Crippen molar-refractivity contribution in [3.05, 3.63) is 35.4 Å². The second-order valence-corrected chi connectivity index (χ2v) is 6.87. The number of hydrogen-bond donors (Lipinski definition) is 2. The first kappa shape index (κ1) is 17.4. The van der Waals surface area contributed by atoms with Crippen LogP contribution in [-0.2, 0) is 17.7 Å². The molecule has 1 aromatic carbocycles. The maximum Gasteiger partial charge on any atom is 0.0724 e. The van der Waals surface area contributed by atoms with E-state index in [1.54, 1.807) is 0 Å². The van der Waals surface area contributed by atoms with Gasteiger partial charge in [-0.15, -0.1) is 0 Å². The number of nitrogens with zero attached hydrogens (tertiary/aromatic N) is 1. The molecule has 0 saturated carbocycles. The highest BCUT2D eigenvalue weighted by atomic mass is 16.5. The van der Waals surface area contributed by atoms with Crippen molar-refractivity contribution in [3.8, 4) is 0 Å². The summed E-state index contributed by atoms with van der Waals surface area (Å²) in [6.45, 7) is 7.40. The third-order valence-corrected chi connectivity index (χ3v) is 4.13. The molecule has 0 aromatic heterocycles. The number of hydrogen-bond acceptors (Lipinski definition) is 4. The molecule has 4 nitrogen and oxygen atoms in total. The van der Waals surface area contributed by atoms with Gasteiger partial charge in [0.05, 0.1) is 18.3 Å². The molecule has 2 rings (SSSR count). The fourth-order valence-electron chi connectivity index (χ4n) is 2.76. The number of aliphatic hydroxyl groups excluding tert-OH is 1. The average Bonchev–Trinajstić information content (AvgIpc) is 2.46. The summed E-state index contributed by atoms with van der Waals surface area (Å²) in [5.74, 6) is 0. The summed E-state index contributed by atoms with van der Waals surface area (Å²) in [5.41, 5.74) is 1.97. The van der Waals surface area contributed by atoms with Crippen molar-refractivity contribution in [3.63, 3.8) is 0 Å². The zero-order valence-electron chi connectivity index (χ0n) is 13.8. The van der Waals surface area contributed by atoms with Gasteiger partial charge < -0.3 is 14.9 Å². The van der Waals surface area contributed by atoms with Gasteiger partial charge >= 0.3 is 0 Å². The molecule has 0 radical (unpaired) electrons. The van der Waals surface area contributed by atoms with Crippen LogP contribution in [0, 0.1) is 0 Å². The number of benzene rings is 1. The minimum Gasteiger partial charge on any atom is -0.396 e. The van der Waals surface area contributed by atoms with Gasteiger partial charge in [0.15, 0.2) is 0 Å². The van der Waals surface area contributed by atoms with E-state index in [1.165, 1.54) is 11.1 Å². The zero-order chi connectivity index (χ0) is 16.0. The summed E-state index contributed by atoms with van der Waals surface area (Å²) in [7, 11) is 0. The Morgan fingerprint density at radius 1 is 1.23 bits per heavy atom. The van der Waals surface area contributed by atoms with Crippen molar-refractivity contribution in [2.75, 3.05) is 26.3 Å². The maximum absolute atomic E-state index is 9.78. The Bertz CT molecular complexity index is 437. The summed E-state index contributed by atoms with van der Waals surface area (Å²) >= 11 is 0. The van der Waals surface area contributed by atoms with Crippen LogP contribution >= 0.6 is 0 Å². The van der Waals surface area contributed by atoms with E-state index in [-0.39, 0.29) is 12.7 Å². The largest absolute Gasteiger partial charge is 0.396 e. The smallest absolute Gasteiger partial charge is 0.0724 e. The van der Waals surface area contributed by atoms with Gasteiger partial charge in [0.25, 0.3) is 0 Å². The highest BCUT2D eigenvalue weighted by Gasteiger charge is 2.20. The minimum atomic E-state index is -0.603. The van der Waals surface area contributed by atoms with E-state index in [9.17, 15) is 5.11 Å². The van der Waals surface area contributed by atoms with E-state index in [4.69, 9.17) is 9.84 Å². The van der Waals surface area contributed by atoms with Crippen LogP contribution in [0.25, 0.3) is 0 Å². The van der Waals surface area contributed by atoms with E-state index in [1.807, 2.05) is 13.8 Å². The SMILES string of the molecule is CC(C)(O)CCc1ccc(CN2CCO[C@@H](CCO)C2)cc1. The van der Waals surface area contributed by atoms with E-state index in [2.05, 4.69) is 29.2 Å². The van der Waals surface area contributed by atoms with Crippen LogP contribution < -0.4 is 0 Å². The lowest BCUT2D eigenvalue weighted by molar-refractivity contribution is -0.0407. The lowest BCUT2D eigenvalue weighted by Gasteiger charge is -2.32. The third-order valence-electron chi connectivity index (χ3n) is 4.13. The van der Waals surface area contributed by atoms with Crippen molar-refractivity contribution < 1.29 is 14.9 Å². The van der Waals surface area contributed by atoms with Crippen molar-refractivity contribution in [1.82, 2.24) is 4.90 Å². The maximum atomic E-state index is 9.78. The molecule has 0 spiro atoms. The molecule has 0 bridgehead atoms. The van der Waals surface area contributed by atoms with Gasteiger partial charge in [-0.1, -0.05) is 24.3 Å². The molecule has 0 unspecified atom stereocenters. The van der Waals surface area contributed by atoms with Gasteiger partial charge in [0.2, 0.25) is 0 Å². The molecule has 1 atom stereocenters. The van der Waals surface area contributed by atoms with Crippen LogP contribution in [0.15, 0.2) is 24.3 Å². The summed E-state index contributed by atoms with van der Waals surface area (Å²) in [4.78, 5) is 2.38. The average molecular weight is 307 g/mol. The van der Waals surface area contributed by atoms with Crippen molar-refractivity contribution >= 4 is 0 Å². The first-order chi connectivity index (χ1) is 10.5. The molecule has 1 aromatic rings. The summed E-state index contributed by atoms with van der Waals surface area (Å²) in [6.07, 6.45) is 2.55. The van der Waals surface area contributed by atoms with Gasteiger partial charge in [0.1, 0.15) is 0 Å². The predicted octanol–water partition coefficient (Wildman–Crippen LogP) is 1.97. The normalized spacial score (nSPS) is 20.3. The molecular weight excluding hydrogens is 278 g/mol. The van der Waals surface area contributed by atoms with Gasteiger partial charge in [-0.25, -0.2) is 0 Å². The first-order valence-electron chi connectivity index (χ1n) is 8.21. The number of ether oxygens (including phenoxy) is 1. The topological polar surface area (TPSA) is 52.9 Å². The zero-order valence-corrected chi connectivity index (χ0v) is 13.8. The van der Waals surface area contributed by atoms with Gasteiger partial charge in [0, 0.05) is 26.2 Å². The van der Waals surface area contributed by atoms with E-state index in [0.717, 1.165) is 39.1 Å². The van der Waals surface area contributed by atoms with Gasteiger partial charge in [-0.3, -0.25) is 4.90 Å². The molecule has 1 aliphatic heterocycles. The Kier molecular flexibility index (Phi) is 6.38. The van der Waals surface area contributed by atoms with Gasteiger partial charge in [-0.2, -0.15) is 0 Å². The molecule has 22 heavy (non-hydrogen) atoms. The lowest BCUT2D eigenvalue weighted by Crippen LogP contribution is -2.42. The van der Waals surface area contributed by atoms with Crippen LogP contribution in [0.1, 0.15) is 37.8 Å². The predicted molar refractivity (Wildman–Crippen MR) is 87.8 cm³/mol. The molecule has 1 heterocycles. The van der Waals surface area contributed by atoms with Crippen LogP contribution in [0.4, 0.5) is 0 Å². The Morgan fingerprint density at radius 2 is 1.91 bits per heavy atom. The molecule has 0 amide bonds. The molecule has 4 heteroatoms. The van der Waals surface area contributed by atoms with Crippen molar-refractivity contribution in [1.29, 1.82) is 0 Å². The standard InChI is InChI=1S/C18H29NO3/c1-18(2,21)9-7-15-3-5-16(6-4-15)13-19-10-12-22-17(14-19)8-11-20/h3-6,17,20-21H,7-14H2,1-2H3/t17-/m0/s1. The lowest BCUT2D eigenvalue weighted by atomic mass is 9.98. The Labute approximate surface area is 133 Å². The summed E-state index contributed by atoms with van der Waals surface area (Å²) in [5, 5.41) is 18.8. The molecule has 124 valence electrons. The number of aliphatic hydroxyl groups is 2. The molecular formula is C18H29NO3. The Hall–Kier alpha value is -0.940. The van der Waals surface area contributed by atoms with E-state index >= 15 is 0 Å². The number of morpholine rings is 1. The van der Waals surface area contributed by atoms with Crippen LogP contribution in [-0.4, -0.2) is 53.1 Å². The van der Waals surface area contributed by atoms with Crippen LogP contribution in [0.3, 0.4) is 0 Å². The molecule has 1 aliphatic rings. The Balaban J connectivity index is 1.83. The third kappa shape index (κ3) is 6.05. The fraction of sp³-hybridized carbons (Fsp3) is 0.667. The molecule has 2 N–H and O–H groups in total. The minimum absolute atomic E-state index is 0.157. The van der Waals surface area contributed by atoms with E-state index in [0.29, 0.717) is 6.42 Å². The van der Waals surface area contributed by atoms with Crippen LogP contribution in [0.5, 0.6) is 0 Å². The van der Waals surface area contributed by atoms with Crippen LogP contribution in [0.2, 0.25) is 0 Å². The first-order valence-corrected chi connectivity index (χ1v) is 8.21.